The van der Waals surface area contributed by atoms with Crippen molar-refractivity contribution in [1.29, 1.82) is 0 Å². The average molecular weight is 457 g/mol. The van der Waals surface area contributed by atoms with Crippen LogP contribution < -0.4 is 10.1 Å². The summed E-state index contributed by atoms with van der Waals surface area (Å²) < 4.78 is 12.6. The summed E-state index contributed by atoms with van der Waals surface area (Å²) in [6.45, 7) is 3.41. The molecule has 0 fully saturated rings. The molecule has 0 bridgehead atoms. The molecule has 4 aromatic rings. The first-order valence-electron chi connectivity index (χ1n) is 11.1. The smallest absolute Gasteiger partial charge is 0.324 e. The second kappa shape index (κ2) is 11.2. The molecule has 0 aliphatic rings. The van der Waals surface area contributed by atoms with Crippen LogP contribution >= 0.6 is 0 Å². The van der Waals surface area contributed by atoms with Gasteiger partial charge in [-0.1, -0.05) is 60.7 Å². The molecule has 0 spiro atoms. The van der Waals surface area contributed by atoms with Gasteiger partial charge in [-0.2, -0.15) is 5.10 Å². The Bertz CT molecular complexity index is 1210. The summed E-state index contributed by atoms with van der Waals surface area (Å²) in [5, 5.41) is 7.31. The quantitative estimate of drug-likeness (QED) is 0.361. The molecule has 0 saturated carbocycles. The minimum atomic E-state index is -0.542. The molecule has 1 N–H and O–H groups in total. The number of nitrogens with zero attached hydrogens (tertiary/aromatic N) is 3. The molecule has 0 aliphatic heterocycles. The van der Waals surface area contributed by atoms with Gasteiger partial charge >= 0.3 is 5.97 Å². The molecule has 0 amide bonds. The Morgan fingerprint density at radius 1 is 1.06 bits per heavy atom. The zero-order chi connectivity index (χ0) is 23.8. The monoisotopic (exact) mass is 456 g/mol. The van der Waals surface area contributed by atoms with E-state index in [2.05, 4.69) is 52.7 Å². The van der Waals surface area contributed by atoms with Crippen molar-refractivity contribution in [1.82, 2.24) is 20.1 Å². The topological polar surface area (TPSA) is 78.3 Å². The number of ether oxygens (including phenoxy) is 2. The van der Waals surface area contributed by atoms with Gasteiger partial charge < -0.3 is 9.47 Å². The molecule has 0 saturated heterocycles. The summed E-state index contributed by atoms with van der Waals surface area (Å²) in [5.41, 5.74) is 5.76. The summed E-state index contributed by atoms with van der Waals surface area (Å²) >= 11 is 0. The zero-order valence-corrected chi connectivity index (χ0v) is 19.3. The van der Waals surface area contributed by atoms with Crippen LogP contribution in [0.15, 0.2) is 85.5 Å². The molecule has 1 heterocycles. The molecule has 0 unspecified atom stereocenters. The van der Waals surface area contributed by atoms with Crippen molar-refractivity contribution in [2.24, 2.45) is 0 Å². The fourth-order valence-corrected chi connectivity index (χ4v) is 3.80. The van der Waals surface area contributed by atoms with Crippen LogP contribution in [0.5, 0.6) is 5.75 Å². The summed E-state index contributed by atoms with van der Waals surface area (Å²) in [6.07, 6.45) is 3.01. The van der Waals surface area contributed by atoms with Crippen molar-refractivity contribution in [2.75, 3.05) is 7.11 Å². The molecule has 7 heteroatoms. The van der Waals surface area contributed by atoms with E-state index in [1.807, 2.05) is 42.5 Å². The molecule has 1 aromatic heterocycles. The number of esters is 1. The Morgan fingerprint density at radius 3 is 2.65 bits per heavy atom. The molecule has 0 radical (unpaired) electrons. The van der Waals surface area contributed by atoms with E-state index in [1.165, 1.54) is 30.1 Å². The maximum atomic E-state index is 12.2. The molecule has 34 heavy (non-hydrogen) atoms. The fourth-order valence-electron chi connectivity index (χ4n) is 3.80. The lowest BCUT2D eigenvalue weighted by atomic mass is 9.97. The molecule has 4 rings (SSSR count). The third-order valence-corrected chi connectivity index (χ3v) is 5.70. The van der Waals surface area contributed by atoms with Gasteiger partial charge in [0.25, 0.3) is 0 Å². The highest BCUT2D eigenvalue weighted by Crippen LogP contribution is 2.26. The third kappa shape index (κ3) is 5.88. The van der Waals surface area contributed by atoms with Crippen LogP contribution in [0.4, 0.5) is 0 Å². The minimum Gasteiger partial charge on any atom is -0.489 e. The first-order valence-corrected chi connectivity index (χ1v) is 11.1. The molecule has 1 atom stereocenters. The van der Waals surface area contributed by atoms with Gasteiger partial charge in [0.15, 0.2) is 0 Å². The van der Waals surface area contributed by atoms with Crippen molar-refractivity contribution >= 4 is 5.97 Å². The Balaban J connectivity index is 1.40. The molecular weight excluding hydrogens is 428 g/mol. The summed E-state index contributed by atoms with van der Waals surface area (Å²) in [6, 6.07) is 24.0. The third-order valence-electron chi connectivity index (χ3n) is 5.70. The van der Waals surface area contributed by atoms with E-state index >= 15 is 0 Å². The van der Waals surface area contributed by atoms with Crippen LogP contribution in [-0.2, 0) is 29.2 Å². The van der Waals surface area contributed by atoms with Gasteiger partial charge in [-0.3, -0.25) is 14.8 Å². The van der Waals surface area contributed by atoms with Crippen molar-refractivity contribution < 1.29 is 14.3 Å². The zero-order valence-electron chi connectivity index (χ0n) is 19.3. The molecular formula is C27H28N4O3. The number of nitrogens with one attached hydrogen (secondary N) is 1. The van der Waals surface area contributed by atoms with Crippen molar-refractivity contribution in [2.45, 2.75) is 32.7 Å². The van der Waals surface area contributed by atoms with Crippen molar-refractivity contribution in [3.63, 3.8) is 0 Å². The number of carbonyl (C=O) groups is 1. The summed E-state index contributed by atoms with van der Waals surface area (Å²) in [5.74, 6) is 0.423. The Kier molecular flexibility index (Phi) is 7.67. The van der Waals surface area contributed by atoms with Crippen molar-refractivity contribution in [3.05, 3.63) is 102 Å². The largest absolute Gasteiger partial charge is 0.489 e. The molecule has 174 valence electrons. The Morgan fingerprint density at radius 2 is 1.88 bits per heavy atom. The maximum absolute atomic E-state index is 12.2. The fraction of sp³-hybridized carbons (Fsp3) is 0.222. The average Bonchev–Trinajstić information content (AvgIpc) is 3.39. The first kappa shape index (κ1) is 23.2. The van der Waals surface area contributed by atoms with E-state index in [1.54, 1.807) is 11.0 Å². The highest BCUT2D eigenvalue weighted by atomic mass is 16.5. The number of hydrogen-bond donors (Lipinski definition) is 1. The summed E-state index contributed by atoms with van der Waals surface area (Å²) in [4.78, 5) is 16.1. The lowest BCUT2D eigenvalue weighted by Crippen LogP contribution is -2.40. The van der Waals surface area contributed by atoms with Gasteiger partial charge in [0.2, 0.25) is 0 Å². The van der Waals surface area contributed by atoms with E-state index in [9.17, 15) is 4.79 Å². The van der Waals surface area contributed by atoms with Crippen LogP contribution in [0.1, 0.15) is 16.7 Å². The Labute approximate surface area is 199 Å². The number of aromatic nitrogens is 3. The van der Waals surface area contributed by atoms with E-state index in [0.29, 0.717) is 19.7 Å². The minimum absolute atomic E-state index is 0.333. The second-order valence-corrected chi connectivity index (χ2v) is 7.97. The van der Waals surface area contributed by atoms with Gasteiger partial charge in [0, 0.05) is 6.54 Å². The predicted octanol–water partition coefficient (Wildman–Crippen LogP) is 4.16. The lowest BCUT2D eigenvalue weighted by molar-refractivity contribution is -0.143. The summed E-state index contributed by atoms with van der Waals surface area (Å²) in [7, 11) is 1.38. The van der Waals surface area contributed by atoms with Crippen LogP contribution in [0.25, 0.3) is 11.1 Å². The van der Waals surface area contributed by atoms with Crippen LogP contribution in [-0.4, -0.2) is 33.9 Å². The standard InChI is InChI=1S/C27H28N4O3/c1-20-23(11-7-13-25(20)22-9-4-3-5-10-22)17-34-24-12-6-8-21(14-24)15-29-26(27(32)33-2)16-31-19-28-18-30-31/h3-14,18-19,26,29H,15-17H2,1-2H3/t26-/m1/s1. The van der Waals surface area contributed by atoms with E-state index in [4.69, 9.17) is 9.47 Å². The Hall–Kier alpha value is -3.97. The molecule has 0 aliphatic carbocycles. The van der Waals surface area contributed by atoms with E-state index in [0.717, 1.165) is 16.9 Å². The van der Waals surface area contributed by atoms with Gasteiger partial charge in [0.1, 0.15) is 31.1 Å². The number of methoxy groups -OCH3 is 1. The number of benzene rings is 3. The van der Waals surface area contributed by atoms with E-state index in [-0.39, 0.29) is 5.97 Å². The first-order chi connectivity index (χ1) is 16.6. The normalized spacial score (nSPS) is 11.7. The van der Waals surface area contributed by atoms with Crippen LogP contribution in [0, 0.1) is 6.92 Å². The highest BCUT2D eigenvalue weighted by Gasteiger charge is 2.19. The maximum Gasteiger partial charge on any atom is 0.324 e. The SMILES string of the molecule is COC(=O)[C@@H](Cn1cncn1)NCc1cccc(OCc2cccc(-c3ccccc3)c2C)c1. The predicted molar refractivity (Wildman–Crippen MR) is 130 cm³/mol. The van der Waals surface area contributed by atoms with Crippen LogP contribution in [0.3, 0.4) is 0 Å². The number of hydrogen-bond acceptors (Lipinski definition) is 6. The van der Waals surface area contributed by atoms with Gasteiger partial charge in [0.05, 0.1) is 13.7 Å². The second-order valence-electron chi connectivity index (χ2n) is 7.97. The van der Waals surface area contributed by atoms with Crippen LogP contribution in [0.2, 0.25) is 0 Å². The number of carbonyl (C=O) groups excluding carboxylic acids is 1. The highest BCUT2D eigenvalue weighted by molar-refractivity contribution is 5.75. The number of rotatable bonds is 10. The molecule has 3 aromatic carbocycles. The van der Waals surface area contributed by atoms with Gasteiger partial charge in [-0.25, -0.2) is 4.98 Å². The lowest BCUT2D eigenvalue weighted by Gasteiger charge is -2.17. The van der Waals surface area contributed by atoms with Gasteiger partial charge in [-0.05, 0) is 46.9 Å². The van der Waals surface area contributed by atoms with Gasteiger partial charge in [-0.15, -0.1) is 0 Å². The van der Waals surface area contributed by atoms with Crippen molar-refractivity contribution in [3.8, 4) is 16.9 Å². The molecule has 7 nitrogen and oxygen atoms in total. The van der Waals surface area contributed by atoms with E-state index < -0.39 is 6.04 Å².